The summed E-state index contributed by atoms with van der Waals surface area (Å²) in [6, 6.07) is 3.93. The number of hydrogen-bond acceptors (Lipinski definition) is 8. The van der Waals surface area contributed by atoms with Crippen molar-refractivity contribution in [2.45, 2.75) is 56.8 Å². The highest BCUT2D eigenvalue weighted by Gasteiger charge is 2.39. The van der Waals surface area contributed by atoms with Crippen molar-refractivity contribution < 1.29 is 29.0 Å². The van der Waals surface area contributed by atoms with E-state index in [9.17, 15) is 24.3 Å². The maximum atomic E-state index is 12.9. The molecule has 2 atom stereocenters. The number of aromatic nitrogens is 3. The van der Waals surface area contributed by atoms with Crippen LogP contribution in [0.15, 0.2) is 24.4 Å². The molecule has 2 saturated heterocycles. The van der Waals surface area contributed by atoms with Gasteiger partial charge in [-0.2, -0.15) is 0 Å². The first-order valence-electron chi connectivity index (χ1n) is 11.6. The molecule has 4 amide bonds. The number of amides is 4. The lowest BCUT2D eigenvalue weighted by atomic mass is 9.87. The van der Waals surface area contributed by atoms with Gasteiger partial charge in [-0.15, -0.1) is 5.10 Å². The summed E-state index contributed by atoms with van der Waals surface area (Å²) in [6.07, 6.45) is 2.83. The van der Waals surface area contributed by atoms with Crippen LogP contribution in [0.2, 0.25) is 0 Å². The molecule has 184 valence electrons. The van der Waals surface area contributed by atoms with Crippen molar-refractivity contribution in [2.24, 2.45) is 0 Å². The summed E-state index contributed by atoms with van der Waals surface area (Å²) < 4.78 is 6.72. The lowest BCUT2D eigenvalue weighted by Gasteiger charge is -2.37. The van der Waals surface area contributed by atoms with Crippen LogP contribution in [0.1, 0.15) is 59.0 Å². The van der Waals surface area contributed by atoms with E-state index in [1.807, 2.05) is 0 Å². The Balaban J connectivity index is 1.29. The molecule has 2 fully saturated rings. The first kappa shape index (κ1) is 23.1. The van der Waals surface area contributed by atoms with E-state index in [4.69, 9.17) is 4.74 Å². The molecule has 3 N–H and O–H groups in total. The fourth-order valence-electron chi connectivity index (χ4n) is 4.76. The Labute approximate surface area is 200 Å². The minimum absolute atomic E-state index is 0.0919. The zero-order valence-corrected chi connectivity index (χ0v) is 19.2. The quantitative estimate of drug-likeness (QED) is 0.490. The van der Waals surface area contributed by atoms with Gasteiger partial charge < -0.3 is 20.1 Å². The number of piperidine rings is 1. The van der Waals surface area contributed by atoms with Gasteiger partial charge in [0.1, 0.15) is 6.04 Å². The highest BCUT2D eigenvalue weighted by atomic mass is 16.5. The molecule has 3 aliphatic heterocycles. The summed E-state index contributed by atoms with van der Waals surface area (Å²) in [5.74, 6) is -1.52. The summed E-state index contributed by atoms with van der Waals surface area (Å²) >= 11 is 0. The first-order chi connectivity index (χ1) is 16.7. The number of aliphatic hydroxyl groups is 1. The van der Waals surface area contributed by atoms with Crippen LogP contribution in [-0.4, -0.2) is 79.5 Å². The normalized spacial score (nSPS) is 22.5. The molecule has 0 saturated carbocycles. The number of hydrogen-bond donors (Lipinski definition) is 3. The van der Waals surface area contributed by atoms with E-state index in [1.54, 1.807) is 25.1 Å². The topological polar surface area (TPSA) is 156 Å². The van der Waals surface area contributed by atoms with Crippen molar-refractivity contribution in [2.75, 3.05) is 13.2 Å². The number of benzene rings is 1. The molecule has 2 unspecified atom stereocenters. The molecule has 0 radical (unpaired) electrons. The van der Waals surface area contributed by atoms with Gasteiger partial charge in [0.2, 0.25) is 11.8 Å². The SMILES string of the molecule is CC(NC(=O)c1cn(-c2ccc3c(c2)CN(C2CCC(=O)NC2=O)C3=O)nn1)C1(O)CCOCC1. The van der Waals surface area contributed by atoms with Gasteiger partial charge in [-0.3, -0.25) is 24.5 Å². The minimum Gasteiger partial charge on any atom is -0.388 e. The van der Waals surface area contributed by atoms with Gasteiger partial charge in [-0.05, 0) is 37.1 Å². The van der Waals surface area contributed by atoms with Crippen LogP contribution in [0.4, 0.5) is 0 Å². The smallest absolute Gasteiger partial charge is 0.273 e. The van der Waals surface area contributed by atoms with E-state index in [1.165, 1.54) is 15.8 Å². The van der Waals surface area contributed by atoms with E-state index < -0.39 is 29.5 Å². The summed E-state index contributed by atoms with van der Waals surface area (Å²) in [4.78, 5) is 50.7. The molecule has 2 aromatic rings. The van der Waals surface area contributed by atoms with Crippen LogP contribution in [0.3, 0.4) is 0 Å². The molecule has 0 aliphatic carbocycles. The van der Waals surface area contributed by atoms with Gasteiger partial charge in [0.15, 0.2) is 5.69 Å². The van der Waals surface area contributed by atoms with Crippen LogP contribution in [0, 0.1) is 0 Å². The largest absolute Gasteiger partial charge is 0.388 e. The minimum atomic E-state index is -1.04. The average molecular weight is 482 g/mol. The van der Waals surface area contributed by atoms with Gasteiger partial charge >= 0.3 is 0 Å². The van der Waals surface area contributed by atoms with Gasteiger partial charge in [0.05, 0.1) is 23.5 Å². The predicted molar refractivity (Wildman–Crippen MR) is 119 cm³/mol. The second kappa shape index (κ2) is 8.86. The lowest BCUT2D eigenvalue weighted by molar-refractivity contribution is -0.136. The predicted octanol–water partition coefficient (Wildman–Crippen LogP) is -0.312. The number of imide groups is 1. The molecule has 0 bridgehead atoms. The third kappa shape index (κ3) is 4.30. The van der Waals surface area contributed by atoms with E-state index in [0.29, 0.717) is 49.3 Å². The van der Waals surface area contributed by atoms with Gasteiger partial charge in [-0.25, -0.2) is 4.68 Å². The van der Waals surface area contributed by atoms with E-state index in [2.05, 4.69) is 20.9 Å². The van der Waals surface area contributed by atoms with E-state index in [-0.39, 0.29) is 30.5 Å². The van der Waals surface area contributed by atoms with Crippen LogP contribution < -0.4 is 10.6 Å². The van der Waals surface area contributed by atoms with Gasteiger partial charge in [-0.1, -0.05) is 5.21 Å². The lowest BCUT2D eigenvalue weighted by Crippen LogP contribution is -2.53. The standard InChI is InChI=1S/C23H26N6O6/c1-13(23(34)6-8-35-9-7-23)24-20(31)17-12-29(27-26-17)15-2-3-16-14(10-15)11-28(22(16)33)18-4-5-19(30)25-21(18)32/h2-3,10,12-13,18,34H,4-9,11H2,1H3,(H,24,31)(H,25,30,32). The van der Waals surface area contributed by atoms with E-state index in [0.717, 1.165) is 0 Å². The summed E-state index contributed by atoms with van der Waals surface area (Å²) in [6.45, 7) is 2.86. The Hall–Kier alpha value is -3.64. The van der Waals surface area contributed by atoms with Crippen molar-refractivity contribution in [1.29, 1.82) is 0 Å². The zero-order valence-electron chi connectivity index (χ0n) is 19.2. The van der Waals surface area contributed by atoms with E-state index >= 15 is 0 Å². The molecule has 3 aliphatic rings. The van der Waals surface area contributed by atoms with Crippen molar-refractivity contribution in [3.8, 4) is 5.69 Å². The fraction of sp³-hybridized carbons (Fsp3) is 0.478. The Bertz CT molecular complexity index is 1200. The average Bonchev–Trinajstić information content (AvgIpc) is 3.45. The zero-order chi connectivity index (χ0) is 24.7. The molecule has 12 nitrogen and oxygen atoms in total. The van der Waals surface area contributed by atoms with Crippen molar-refractivity contribution in [3.05, 3.63) is 41.2 Å². The van der Waals surface area contributed by atoms with Crippen LogP contribution in [0.5, 0.6) is 0 Å². The molecule has 0 spiro atoms. The van der Waals surface area contributed by atoms with Crippen LogP contribution in [0.25, 0.3) is 5.69 Å². The number of ether oxygens (including phenoxy) is 1. The summed E-state index contributed by atoms with van der Waals surface area (Å²) in [5.41, 5.74) is 0.855. The Morgan fingerprint density at radius 2 is 2.06 bits per heavy atom. The highest BCUT2D eigenvalue weighted by molar-refractivity contribution is 6.05. The number of rotatable bonds is 5. The highest BCUT2D eigenvalue weighted by Crippen LogP contribution is 2.29. The number of nitrogens with one attached hydrogen (secondary N) is 2. The van der Waals surface area contributed by atoms with Crippen molar-refractivity contribution in [1.82, 2.24) is 30.5 Å². The summed E-state index contributed by atoms with van der Waals surface area (Å²) in [7, 11) is 0. The molecular formula is C23H26N6O6. The Morgan fingerprint density at radius 3 is 2.80 bits per heavy atom. The second-order valence-electron chi connectivity index (χ2n) is 9.20. The Morgan fingerprint density at radius 1 is 1.29 bits per heavy atom. The third-order valence-electron chi connectivity index (χ3n) is 7.01. The fourth-order valence-corrected chi connectivity index (χ4v) is 4.76. The molecular weight excluding hydrogens is 456 g/mol. The molecule has 12 heteroatoms. The number of nitrogens with zero attached hydrogens (tertiary/aromatic N) is 4. The molecule has 4 heterocycles. The first-order valence-corrected chi connectivity index (χ1v) is 11.6. The third-order valence-corrected chi connectivity index (χ3v) is 7.01. The van der Waals surface area contributed by atoms with Gasteiger partial charge in [0, 0.05) is 44.6 Å². The van der Waals surface area contributed by atoms with Gasteiger partial charge in [0.25, 0.3) is 11.8 Å². The number of fused-ring (bicyclic) bond motifs is 1. The monoisotopic (exact) mass is 482 g/mol. The molecule has 5 rings (SSSR count). The van der Waals surface area contributed by atoms with Crippen LogP contribution >= 0.6 is 0 Å². The Kier molecular flexibility index (Phi) is 5.85. The molecule has 35 heavy (non-hydrogen) atoms. The second-order valence-corrected chi connectivity index (χ2v) is 9.20. The number of carbonyl (C=O) groups excluding carboxylic acids is 4. The van der Waals surface area contributed by atoms with Crippen molar-refractivity contribution >= 4 is 23.6 Å². The molecule has 1 aromatic heterocycles. The van der Waals surface area contributed by atoms with Crippen LogP contribution in [-0.2, 0) is 20.9 Å². The number of carbonyl (C=O) groups is 4. The van der Waals surface area contributed by atoms with Crippen molar-refractivity contribution in [3.63, 3.8) is 0 Å². The maximum Gasteiger partial charge on any atom is 0.273 e. The maximum absolute atomic E-state index is 12.9. The molecule has 1 aromatic carbocycles. The summed E-state index contributed by atoms with van der Waals surface area (Å²) in [5, 5.41) is 23.8.